The summed E-state index contributed by atoms with van der Waals surface area (Å²) in [4.78, 5) is 15.4. The number of hydrogen-bond acceptors (Lipinski definition) is 3. The summed E-state index contributed by atoms with van der Waals surface area (Å²) in [7, 11) is 2.15. The van der Waals surface area contributed by atoms with E-state index in [1.807, 2.05) is 12.1 Å². The number of piperidine rings is 1. The van der Waals surface area contributed by atoms with Gasteiger partial charge in [0.1, 0.15) is 0 Å². The third-order valence-electron chi connectivity index (χ3n) is 4.05. The molecule has 1 aliphatic heterocycles. The van der Waals surface area contributed by atoms with Crippen molar-refractivity contribution in [1.82, 2.24) is 10.2 Å². The van der Waals surface area contributed by atoms with Gasteiger partial charge in [0.15, 0.2) is 0 Å². The summed E-state index contributed by atoms with van der Waals surface area (Å²) in [5.74, 6) is 0.692. The van der Waals surface area contributed by atoms with Gasteiger partial charge in [-0.15, -0.1) is 11.3 Å². The smallest absolute Gasteiger partial charge is 0.229 e. The maximum Gasteiger partial charge on any atom is 0.229 e. The van der Waals surface area contributed by atoms with E-state index in [0.717, 1.165) is 34.4 Å². The highest BCUT2D eigenvalue weighted by atomic mass is 35.5. The molecule has 1 aromatic heterocycles. The van der Waals surface area contributed by atoms with Gasteiger partial charge in [0.05, 0.1) is 10.8 Å². The zero-order chi connectivity index (χ0) is 14.8. The maximum atomic E-state index is 12.1. The molecule has 0 saturated carbocycles. The molecule has 1 aliphatic carbocycles. The number of carbonyl (C=O) groups excluding carboxylic acids is 1. The van der Waals surface area contributed by atoms with Crippen molar-refractivity contribution in [1.29, 1.82) is 0 Å². The first kappa shape index (κ1) is 14.8. The molecule has 2 aliphatic rings. The summed E-state index contributed by atoms with van der Waals surface area (Å²) >= 11 is 7.35. The fourth-order valence-corrected chi connectivity index (χ4v) is 4.03. The Kier molecular flexibility index (Phi) is 4.48. The van der Waals surface area contributed by atoms with E-state index in [1.165, 1.54) is 23.3 Å². The lowest BCUT2D eigenvalue weighted by molar-refractivity contribution is -0.119. The summed E-state index contributed by atoms with van der Waals surface area (Å²) in [6, 6.07) is 3.74. The zero-order valence-electron chi connectivity index (χ0n) is 12.1. The van der Waals surface area contributed by atoms with Crippen LogP contribution in [0.4, 0.5) is 0 Å². The molecule has 1 atom stereocenters. The van der Waals surface area contributed by atoms with Gasteiger partial charge in [0.2, 0.25) is 5.91 Å². The van der Waals surface area contributed by atoms with Crippen molar-refractivity contribution in [3.63, 3.8) is 0 Å². The van der Waals surface area contributed by atoms with Crippen LogP contribution in [0.2, 0.25) is 4.34 Å². The molecule has 1 saturated heterocycles. The van der Waals surface area contributed by atoms with Crippen molar-refractivity contribution in [2.45, 2.75) is 19.3 Å². The number of nitrogens with zero attached hydrogens (tertiary/aromatic N) is 1. The number of thiophene rings is 1. The van der Waals surface area contributed by atoms with Gasteiger partial charge in [-0.1, -0.05) is 23.3 Å². The molecule has 21 heavy (non-hydrogen) atoms. The number of likely N-dealkylation sites (tertiary alicyclic amines) is 1. The Morgan fingerprint density at radius 3 is 3.14 bits per heavy atom. The number of carbonyl (C=O) groups is 1. The van der Waals surface area contributed by atoms with E-state index < -0.39 is 0 Å². The summed E-state index contributed by atoms with van der Waals surface area (Å²) in [6.45, 7) is 2.18. The highest BCUT2D eigenvalue weighted by molar-refractivity contribution is 7.16. The molecule has 1 unspecified atom stereocenters. The monoisotopic (exact) mass is 322 g/mol. The van der Waals surface area contributed by atoms with E-state index >= 15 is 0 Å². The predicted molar refractivity (Wildman–Crippen MR) is 87.6 cm³/mol. The molecule has 1 amide bonds. The summed E-state index contributed by atoms with van der Waals surface area (Å²) in [5.41, 5.74) is 2.39. The lowest BCUT2D eigenvalue weighted by atomic mass is 9.85. The van der Waals surface area contributed by atoms with Crippen molar-refractivity contribution < 1.29 is 4.79 Å². The van der Waals surface area contributed by atoms with E-state index in [1.54, 1.807) is 0 Å². The van der Waals surface area contributed by atoms with E-state index in [-0.39, 0.29) is 5.91 Å². The first-order valence-electron chi connectivity index (χ1n) is 7.23. The first-order valence-corrected chi connectivity index (χ1v) is 8.43. The van der Waals surface area contributed by atoms with Crippen LogP contribution in [0.25, 0.3) is 0 Å². The number of amides is 1. The second kappa shape index (κ2) is 6.34. The zero-order valence-corrected chi connectivity index (χ0v) is 13.6. The Labute approximate surface area is 134 Å². The molecule has 0 bridgehead atoms. The second-order valence-corrected chi connectivity index (χ2v) is 7.57. The van der Waals surface area contributed by atoms with Gasteiger partial charge in [0.25, 0.3) is 0 Å². The minimum atomic E-state index is 0.0271. The quantitative estimate of drug-likeness (QED) is 0.926. The van der Waals surface area contributed by atoms with Gasteiger partial charge in [-0.25, -0.2) is 0 Å². The highest BCUT2D eigenvalue weighted by Gasteiger charge is 2.24. The van der Waals surface area contributed by atoms with E-state index in [4.69, 9.17) is 11.6 Å². The molecule has 0 radical (unpaired) electrons. The molecule has 0 spiro atoms. The SMILES string of the molecule is CN1CCC2CC=C(NC(=O)Cc3ccc(Cl)s3)C=C2C1. The van der Waals surface area contributed by atoms with E-state index in [0.29, 0.717) is 12.3 Å². The third-order valence-corrected chi connectivity index (χ3v) is 5.28. The van der Waals surface area contributed by atoms with E-state index in [2.05, 4.69) is 29.4 Å². The number of halogens is 1. The van der Waals surface area contributed by atoms with Crippen LogP contribution in [0, 0.1) is 5.92 Å². The number of likely N-dealkylation sites (N-methyl/N-ethyl adjacent to an activating group) is 1. The number of rotatable bonds is 3. The van der Waals surface area contributed by atoms with Crippen LogP contribution in [0.5, 0.6) is 0 Å². The average Bonchev–Trinajstić information content (AvgIpc) is 2.83. The number of fused-ring (bicyclic) bond motifs is 1. The highest BCUT2D eigenvalue weighted by Crippen LogP contribution is 2.30. The Balaban J connectivity index is 1.60. The van der Waals surface area contributed by atoms with Crippen molar-refractivity contribution in [2.75, 3.05) is 20.1 Å². The van der Waals surface area contributed by atoms with Crippen LogP contribution in [0.3, 0.4) is 0 Å². The van der Waals surface area contributed by atoms with Gasteiger partial charge in [-0.05, 0) is 50.6 Å². The van der Waals surface area contributed by atoms with Crippen molar-refractivity contribution in [2.24, 2.45) is 5.92 Å². The molecule has 2 heterocycles. The number of nitrogens with one attached hydrogen (secondary N) is 1. The largest absolute Gasteiger partial charge is 0.326 e. The van der Waals surface area contributed by atoms with Gasteiger partial charge in [-0.2, -0.15) is 0 Å². The topological polar surface area (TPSA) is 32.3 Å². The lowest BCUT2D eigenvalue weighted by Crippen LogP contribution is -2.34. The van der Waals surface area contributed by atoms with Gasteiger partial charge in [0, 0.05) is 17.1 Å². The molecular weight excluding hydrogens is 304 g/mol. The molecule has 3 rings (SSSR count). The van der Waals surface area contributed by atoms with Crippen LogP contribution >= 0.6 is 22.9 Å². The normalized spacial score (nSPS) is 22.3. The molecule has 3 nitrogen and oxygen atoms in total. The Bertz CT molecular complexity index is 605. The fraction of sp³-hybridized carbons (Fsp3) is 0.438. The van der Waals surface area contributed by atoms with Gasteiger partial charge >= 0.3 is 0 Å². The maximum absolute atomic E-state index is 12.1. The van der Waals surface area contributed by atoms with Crippen LogP contribution in [-0.4, -0.2) is 30.9 Å². The van der Waals surface area contributed by atoms with Gasteiger partial charge < -0.3 is 10.2 Å². The standard InChI is InChI=1S/C16H19ClN2OS/c1-19-7-6-11-2-3-13(8-12(11)10-19)18-16(20)9-14-4-5-15(17)21-14/h3-5,8,11H,2,6-7,9-10H2,1H3,(H,18,20). The summed E-state index contributed by atoms with van der Waals surface area (Å²) in [6.07, 6.45) is 6.96. The number of hydrogen-bond donors (Lipinski definition) is 1. The minimum absolute atomic E-state index is 0.0271. The van der Waals surface area contributed by atoms with Crippen LogP contribution in [0.1, 0.15) is 17.7 Å². The molecule has 1 N–H and O–H groups in total. The third kappa shape index (κ3) is 3.76. The molecule has 0 aromatic carbocycles. The molecule has 112 valence electrons. The minimum Gasteiger partial charge on any atom is -0.326 e. The average molecular weight is 323 g/mol. The Morgan fingerprint density at radius 1 is 1.52 bits per heavy atom. The predicted octanol–water partition coefficient (Wildman–Crippen LogP) is 3.23. The van der Waals surface area contributed by atoms with E-state index in [9.17, 15) is 4.79 Å². The Morgan fingerprint density at radius 2 is 2.38 bits per heavy atom. The van der Waals surface area contributed by atoms with Crippen molar-refractivity contribution in [3.05, 3.63) is 44.8 Å². The van der Waals surface area contributed by atoms with Crippen LogP contribution in [-0.2, 0) is 11.2 Å². The van der Waals surface area contributed by atoms with Gasteiger partial charge in [-0.3, -0.25) is 4.79 Å². The summed E-state index contributed by atoms with van der Waals surface area (Å²) in [5, 5.41) is 3.02. The molecular formula is C16H19ClN2OS. The lowest BCUT2D eigenvalue weighted by Gasteiger charge is -2.33. The molecule has 1 aromatic rings. The van der Waals surface area contributed by atoms with Crippen molar-refractivity contribution >= 4 is 28.8 Å². The van der Waals surface area contributed by atoms with Crippen LogP contribution < -0.4 is 5.32 Å². The van der Waals surface area contributed by atoms with Crippen molar-refractivity contribution in [3.8, 4) is 0 Å². The Hall–Kier alpha value is -1.10. The summed E-state index contributed by atoms with van der Waals surface area (Å²) < 4.78 is 0.727. The second-order valence-electron chi connectivity index (χ2n) is 5.77. The fourth-order valence-electron chi connectivity index (χ4n) is 2.94. The first-order chi connectivity index (χ1) is 10.1. The molecule has 1 fully saturated rings. The van der Waals surface area contributed by atoms with Crippen LogP contribution in [0.15, 0.2) is 35.6 Å². The molecule has 5 heteroatoms. The number of allylic oxidation sites excluding steroid dienone is 2.